The van der Waals surface area contributed by atoms with Gasteiger partial charge in [0.1, 0.15) is 5.76 Å². The Bertz CT molecular complexity index is 791. The van der Waals surface area contributed by atoms with Gasteiger partial charge in [0.2, 0.25) is 0 Å². The maximum Gasteiger partial charge on any atom is 0.152 e. The fourth-order valence-corrected chi connectivity index (χ4v) is 2.74. The lowest BCUT2D eigenvalue weighted by atomic mass is 10.00. The van der Waals surface area contributed by atoms with Crippen LogP contribution in [0.15, 0.2) is 46.9 Å². The van der Waals surface area contributed by atoms with E-state index < -0.39 is 0 Å². The lowest BCUT2D eigenvalue weighted by Crippen LogP contribution is -2.12. The van der Waals surface area contributed by atoms with Crippen LogP contribution in [-0.4, -0.2) is 0 Å². The van der Waals surface area contributed by atoms with E-state index in [1.165, 1.54) is 16.7 Å². The minimum Gasteiger partial charge on any atom is -0.458 e. The van der Waals surface area contributed by atoms with Crippen LogP contribution < -0.4 is 5.73 Å². The van der Waals surface area contributed by atoms with E-state index in [1.807, 2.05) is 24.3 Å². The Labute approximate surface area is 129 Å². The largest absolute Gasteiger partial charge is 0.458 e. The molecule has 3 rings (SSSR count). The molecule has 1 unspecified atom stereocenters. The van der Waals surface area contributed by atoms with Gasteiger partial charge in [-0.15, -0.1) is 0 Å². The number of benzene rings is 2. The third-order valence-electron chi connectivity index (χ3n) is 3.91. The molecule has 2 aromatic carbocycles. The van der Waals surface area contributed by atoms with Gasteiger partial charge in [0.15, 0.2) is 5.58 Å². The zero-order chi connectivity index (χ0) is 15.0. The minimum atomic E-state index is -0.171. The SMILES string of the molecule is Cc1ccc(CC(N)c2cc3cccc(Cl)c3o2)cc1C. The molecule has 0 saturated heterocycles. The summed E-state index contributed by atoms with van der Waals surface area (Å²) in [5, 5.41) is 1.62. The highest BCUT2D eigenvalue weighted by Gasteiger charge is 2.14. The van der Waals surface area contributed by atoms with E-state index in [0.717, 1.165) is 17.6 Å². The Morgan fingerprint density at radius 2 is 1.90 bits per heavy atom. The van der Waals surface area contributed by atoms with Crippen molar-refractivity contribution < 1.29 is 4.42 Å². The van der Waals surface area contributed by atoms with Crippen molar-refractivity contribution in [3.05, 3.63) is 69.9 Å². The molecule has 0 aliphatic rings. The van der Waals surface area contributed by atoms with Gasteiger partial charge in [0, 0.05) is 5.39 Å². The number of rotatable bonds is 3. The zero-order valence-corrected chi connectivity index (χ0v) is 12.9. The number of aryl methyl sites for hydroxylation is 2. The average molecular weight is 300 g/mol. The van der Waals surface area contributed by atoms with Crippen LogP contribution in [0.25, 0.3) is 11.0 Å². The molecule has 2 N–H and O–H groups in total. The maximum atomic E-state index is 6.29. The summed E-state index contributed by atoms with van der Waals surface area (Å²) in [6, 6.07) is 14.0. The summed E-state index contributed by atoms with van der Waals surface area (Å²) in [5.41, 5.74) is 10.8. The molecule has 0 spiro atoms. The monoisotopic (exact) mass is 299 g/mol. The predicted octanol–water partition coefficient (Wildman–Crippen LogP) is 4.95. The van der Waals surface area contributed by atoms with Crippen LogP contribution in [0.1, 0.15) is 28.5 Å². The summed E-state index contributed by atoms with van der Waals surface area (Å²) in [5.74, 6) is 0.774. The van der Waals surface area contributed by atoms with Crippen LogP contribution in [-0.2, 0) is 6.42 Å². The number of furan rings is 1. The number of nitrogens with two attached hydrogens (primary N) is 1. The molecule has 0 fully saturated rings. The molecule has 108 valence electrons. The van der Waals surface area contributed by atoms with Gasteiger partial charge in [-0.25, -0.2) is 0 Å². The Kier molecular flexibility index (Phi) is 3.75. The molecule has 0 aliphatic carbocycles. The lowest BCUT2D eigenvalue weighted by molar-refractivity contribution is 0.494. The fourth-order valence-electron chi connectivity index (χ4n) is 2.52. The molecule has 3 aromatic rings. The van der Waals surface area contributed by atoms with Crippen LogP contribution >= 0.6 is 11.6 Å². The number of hydrogen-bond acceptors (Lipinski definition) is 2. The molecule has 3 heteroatoms. The summed E-state index contributed by atoms with van der Waals surface area (Å²) < 4.78 is 5.83. The quantitative estimate of drug-likeness (QED) is 0.743. The van der Waals surface area contributed by atoms with Gasteiger partial charge in [-0.3, -0.25) is 0 Å². The van der Waals surface area contributed by atoms with E-state index in [9.17, 15) is 0 Å². The number of hydrogen-bond donors (Lipinski definition) is 1. The van der Waals surface area contributed by atoms with E-state index in [-0.39, 0.29) is 6.04 Å². The van der Waals surface area contributed by atoms with Gasteiger partial charge in [0.05, 0.1) is 11.1 Å². The molecular formula is C18H18ClNO. The van der Waals surface area contributed by atoms with Gasteiger partial charge >= 0.3 is 0 Å². The third-order valence-corrected chi connectivity index (χ3v) is 4.21. The van der Waals surface area contributed by atoms with Crippen molar-refractivity contribution in [1.82, 2.24) is 0 Å². The summed E-state index contributed by atoms with van der Waals surface area (Å²) in [6.45, 7) is 4.23. The fraction of sp³-hybridized carbons (Fsp3) is 0.222. The van der Waals surface area contributed by atoms with Gasteiger partial charge in [-0.2, -0.15) is 0 Å². The van der Waals surface area contributed by atoms with Crippen molar-refractivity contribution in [2.45, 2.75) is 26.3 Å². The maximum absolute atomic E-state index is 6.29. The second-order valence-electron chi connectivity index (χ2n) is 5.54. The molecular weight excluding hydrogens is 282 g/mol. The predicted molar refractivity (Wildman–Crippen MR) is 87.8 cm³/mol. The van der Waals surface area contributed by atoms with E-state index in [0.29, 0.717) is 10.6 Å². The van der Waals surface area contributed by atoms with Crippen molar-refractivity contribution >= 4 is 22.6 Å². The Hall–Kier alpha value is -1.77. The molecule has 1 atom stereocenters. The molecule has 0 aliphatic heterocycles. The zero-order valence-electron chi connectivity index (χ0n) is 12.2. The van der Waals surface area contributed by atoms with Gasteiger partial charge in [-0.05, 0) is 49.1 Å². The highest BCUT2D eigenvalue weighted by molar-refractivity contribution is 6.34. The standard InChI is InChI=1S/C18H18ClNO/c1-11-6-7-13(8-12(11)2)9-16(20)17-10-14-4-3-5-15(19)18(14)21-17/h3-8,10,16H,9,20H2,1-2H3. The molecule has 0 bridgehead atoms. The van der Waals surface area contributed by atoms with Crippen molar-refractivity contribution in [2.75, 3.05) is 0 Å². The normalized spacial score (nSPS) is 12.8. The molecule has 0 radical (unpaired) electrons. The van der Waals surface area contributed by atoms with Crippen molar-refractivity contribution in [1.29, 1.82) is 0 Å². The van der Waals surface area contributed by atoms with Crippen molar-refractivity contribution in [2.24, 2.45) is 5.73 Å². The smallest absolute Gasteiger partial charge is 0.152 e. The number of para-hydroxylation sites is 1. The molecule has 21 heavy (non-hydrogen) atoms. The molecule has 1 aromatic heterocycles. The third kappa shape index (κ3) is 2.82. The van der Waals surface area contributed by atoms with Crippen LogP contribution in [0, 0.1) is 13.8 Å². The summed E-state index contributed by atoms with van der Waals surface area (Å²) in [6.07, 6.45) is 0.749. The first-order valence-electron chi connectivity index (χ1n) is 7.04. The first-order valence-corrected chi connectivity index (χ1v) is 7.42. The van der Waals surface area contributed by atoms with E-state index in [1.54, 1.807) is 0 Å². The number of fused-ring (bicyclic) bond motifs is 1. The van der Waals surface area contributed by atoms with Gasteiger partial charge in [-0.1, -0.05) is 41.9 Å². The van der Waals surface area contributed by atoms with Crippen molar-refractivity contribution in [3.8, 4) is 0 Å². The minimum absolute atomic E-state index is 0.171. The second-order valence-corrected chi connectivity index (χ2v) is 5.94. The molecule has 2 nitrogen and oxygen atoms in total. The summed E-state index contributed by atoms with van der Waals surface area (Å²) >= 11 is 6.14. The van der Waals surface area contributed by atoms with Crippen molar-refractivity contribution in [3.63, 3.8) is 0 Å². The highest BCUT2D eigenvalue weighted by Crippen LogP contribution is 2.29. The summed E-state index contributed by atoms with van der Waals surface area (Å²) in [4.78, 5) is 0. The van der Waals surface area contributed by atoms with Crippen LogP contribution in [0.2, 0.25) is 5.02 Å². The number of halogens is 1. The van der Waals surface area contributed by atoms with E-state index in [2.05, 4.69) is 32.0 Å². The Balaban J connectivity index is 1.87. The topological polar surface area (TPSA) is 39.2 Å². The second kappa shape index (κ2) is 5.55. The summed E-state index contributed by atoms with van der Waals surface area (Å²) in [7, 11) is 0. The van der Waals surface area contributed by atoms with E-state index in [4.69, 9.17) is 21.8 Å². The molecule has 0 saturated carbocycles. The van der Waals surface area contributed by atoms with Crippen LogP contribution in [0.4, 0.5) is 0 Å². The van der Waals surface area contributed by atoms with Crippen LogP contribution in [0.5, 0.6) is 0 Å². The van der Waals surface area contributed by atoms with Gasteiger partial charge in [0.25, 0.3) is 0 Å². The molecule has 0 amide bonds. The molecule has 1 heterocycles. The van der Waals surface area contributed by atoms with Crippen LogP contribution in [0.3, 0.4) is 0 Å². The lowest BCUT2D eigenvalue weighted by Gasteiger charge is -2.10. The van der Waals surface area contributed by atoms with Gasteiger partial charge < -0.3 is 10.2 Å². The average Bonchev–Trinajstić information content (AvgIpc) is 2.89. The first kappa shape index (κ1) is 14.2. The Morgan fingerprint density at radius 3 is 2.62 bits per heavy atom. The Morgan fingerprint density at radius 1 is 1.10 bits per heavy atom. The first-order chi connectivity index (χ1) is 10.0. The highest BCUT2D eigenvalue weighted by atomic mass is 35.5. The van der Waals surface area contributed by atoms with E-state index >= 15 is 0 Å².